The first-order valence-electron chi connectivity index (χ1n) is 10.3. The Morgan fingerprint density at radius 3 is 2.47 bits per heavy atom. The van der Waals surface area contributed by atoms with Gasteiger partial charge in [-0.15, -0.1) is 0 Å². The van der Waals surface area contributed by atoms with E-state index < -0.39 is 11.7 Å². The number of carbonyl (C=O) groups excluding carboxylic acids is 2. The number of hydrogen-bond donors (Lipinski definition) is 2. The number of pyridine rings is 1. The third-order valence-corrected chi connectivity index (χ3v) is 5.79. The van der Waals surface area contributed by atoms with Crippen LogP contribution < -0.4 is 15.4 Å². The fourth-order valence-corrected chi connectivity index (χ4v) is 4.05. The topological polar surface area (TPSA) is 80.3 Å². The summed E-state index contributed by atoms with van der Waals surface area (Å²) in [5.74, 6) is -0.972. The zero-order chi connectivity index (χ0) is 23.9. The zero-order valence-corrected chi connectivity index (χ0v) is 18.9. The lowest BCUT2D eigenvalue weighted by atomic mass is 10.2. The number of nitrogens with one attached hydrogen (secondary N) is 2. The van der Waals surface area contributed by atoms with Gasteiger partial charge >= 0.3 is 0 Å². The van der Waals surface area contributed by atoms with Gasteiger partial charge in [-0.25, -0.2) is 9.37 Å². The second-order valence-electron chi connectivity index (χ2n) is 7.10. The Kier molecular flexibility index (Phi) is 7.19. The molecule has 0 aliphatic rings. The average Bonchev–Trinajstić information content (AvgIpc) is 2.85. The lowest BCUT2D eigenvalue weighted by Gasteiger charge is -2.14. The van der Waals surface area contributed by atoms with Gasteiger partial charge in [0.15, 0.2) is 0 Å². The van der Waals surface area contributed by atoms with Gasteiger partial charge in [0, 0.05) is 22.3 Å². The number of hydrogen-bond acceptors (Lipinski definition) is 5. The molecule has 1 aromatic heterocycles. The van der Waals surface area contributed by atoms with Gasteiger partial charge in [0.05, 0.1) is 18.4 Å². The Morgan fingerprint density at radius 1 is 0.882 bits per heavy atom. The van der Waals surface area contributed by atoms with Crippen molar-refractivity contribution in [2.45, 2.75) is 9.92 Å². The molecule has 0 spiro atoms. The molecular formula is C26H20FN3O3S. The average molecular weight is 474 g/mol. The first kappa shape index (κ1) is 23.0. The Balaban J connectivity index is 1.54. The van der Waals surface area contributed by atoms with E-state index in [2.05, 4.69) is 15.6 Å². The fourth-order valence-electron chi connectivity index (χ4n) is 3.15. The van der Waals surface area contributed by atoms with Crippen LogP contribution in [0.2, 0.25) is 0 Å². The van der Waals surface area contributed by atoms with Crippen molar-refractivity contribution in [3.8, 4) is 5.75 Å². The van der Waals surface area contributed by atoms with Crippen LogP contribution in [0, 0.1) is 5.82 Å². The van der Waals surface area contributed by atoms with Crippen LogP contribution in [-0.4, -0.2) is 23.9 Å². The Morgan fingerprint density at radius 2 is 1.71 bits per heavy atom. The van der Waals surface area contributed by atoms with Crippen molar-refractivity contribution < 1.29 is 18.7 Å². The Labute approximate surface area is 200 Å². The molecule has 6 nitrogen and oxygen atoms in total. The molecule has 0 radical (unpaired) electrons. The molecule has 2 N–H and O–H groups in total. The van der Waals surface area contributed by atoms with Gasteiger partial charge in [0.25, 0.3) is 11.8 Å². The lowest BCUT2D eigenvalue weighted by Crippen LogP contribution is -2.15. The summed E-state index contributed by atoms with van der Waals surface area (Å²) in [5.41, 5.74) is 1.35. The number of nitrogens with zero attached hydrogens (tertiary/aromatic N) is 1. The highest BCUT2D eigenvalue weighted by molar-refractivity contribution is 7.99. The second-order valence-corrected chi connectivity index (χ2v) is 8.17. The molecule has 0 aliphatic carbocycles. The van der Waals surface area contributed by atoms with E-state index in [1.165, 1.54) is 37.1 Å². The highest BCUT2D eigenvalue weighted by Gasteiger charge is 2.16. The molecule has 4 rings (SSSR count). The minimum atomic E-state index is -0.513. The molecule has 1 heterocycles. The van der Waals surface area contributed by atoms with E-state index in [9.17, 15) is 14.0 Å². The van der Waals surface area contributed by atoms with Crippen molar-refractivity contribution >= 4 is 35.0 Å². The van der Waals surface area contributed by atoms with E-state index >= 15 is 0 Å². The predicted octanol–water partition coefficient (Wildman–Crippen LogP) is 5.89. The van der Waals surface area contributed by atoms with Gasteiger partial charge < -0.3 is 15.4 Å². The molecule has 8 heteroatoms. The number of halogens is 1. The fraction of sp³-hybridized carbons (Fsp3) is 0.0385. The number of amides is 2. The van der Waals surface area contributed by atoms with E-state index in [1.807, 2.05) is 30.3 Å². The number of rotatable bonds is 7. The van der Waals surface area contributed by atoms with Gasteiger partial charge in [-0.05, 0) is 60.7 Å². The summed E-state index contributed by atoms with van der Waals surface area (Å²) in [6.45, 7) is 0. The van der Waals surface area contributed by atoms with Gasteiger partial charge in [0.2, 0.25) is 0 Å². The van der Waals surface area contributed by atoms with Gasteiger partial charge in [-0.3, -0.25) is 9.59 Å². The first-order chi connectivity index (χ1) is 16.5. The van der Waals surface area contributed by atoms with Crippen LogP contribution in [0.4, 0.5) is 15.8 Å². The van der Waals surface area contributed by atoms with Crippen LogP contribution in [-0.2, 0) is 0 Å². The molecule has 34 heavy (non-hydrogen) atoms. The van der Waals surface area contributed by atoms with Crippen LogP contribution in [0.25, 0.3) is 0 Å². The van der Waals surface area contributed by atoms with E-state index in [1.54, 1.807) is 36.5 Å². The molecule has 170 valence electrons. The third-order valence-electron chi connectivity index (χ3n) is 4.77. The number of anilines is 2. The summed E-state index contributed by atoms with van der Waals surface area (Å²) >= 11 is 1.39. The molecule has 0 aliphatic heterocycles. The number of carbonyl (C=O) groups is 2. The van der Waals surface area contributed by atoms with Crippen LogP contribution in [0.1, 0.15) is 20.7 Å². The maximum Gasteiger partial charge on any atom is 0.258 e. The molecule has 0 bridgehead atoms. The molecule has 0 saturated carbocycles. The molecule has 0 unspecified atom stereocenters. The molecule has 0 saturated heterocycles. The monoisotopic (exact) mass is 473 g/mol. The molecule has 3 aromatic carbocycles. The van der Waals surface area contributed by atoms with Crippen LogP contribution in [0.3, 0.4) is 0 Å². The minimum Gasteiger partial charge on any atom is -0.495 e. The summed E-state index contributed by atoms with van der Waals surface area (Å²) < 4.78 is 18.8. The Bertz CT molecular complexity index is 1330. The molecule has 4 aromatic rings. The maximum atomic E-state index is 13.5. The number of ether oxygens (including phenoxy) is 1. The third kappa shape index (κ3) is 5.60. The minimum absolute atomic E-state index is 0.162. The summed E-state index contributed by atoms with van der Waals surface area (Å²) in [6.07, 6.45) is 1.63. The quantitative estimate of drug-likeness (QED) is 0.350. The van der Waals surface area contributed by atoms with Crippen LogP contribution >= 0.6 is 11.8 Å². The predicted molar refractivity (Wildman–Crippen MR) is 130 cm³/mol. The Hall–Kier alpha value is -4.17. The normalized spacial score (nSPS) is 10.4. The summed E-state index contributed by atoms with van der Waals surface area (Å²) in [7, 11) is 1.47. The highest BCUT2D eigenvalue weighted by atomic mass is 32.2. The molecule has 2 amide bonds. The molecule has 0 atom stereocenters. The van der Waals surface area contributed by atoms with E-state index in [4.69, 9.17) is 4.74 Å². The van der Waals surface area contributed by atoms with Crippen LogP contribution in [0.5, 0.6) is 5.75 Å². The van der Waals surface area contributed by atoms with Gasteiger partial charge in [-0.2, -0.15) is 0 Å². The lowest BCUT2D eigenvalue weighted by molar-refractivity contribution is 0.101. The van der Waals surface area contributed by atoms with Crippen molar-refractivity contribution in [3.63, 3.8) is 0 Å². The number of methoxy groups -OCH3 is 1. The summed E-state index contributed by atoms with van der Waals surface area (Å²) in [6, 6.07) is 23.3. The van der Waals surface area contributed by atoms with Crippen molar-refractivity contribution in [1.29, 1.82) is 0 Å². The SMILES string of the molecule is COc1ccc(NC(=O)c2cccnc2Sc2ccccc2)cc1NC(=O)c1cccc(F)c1. The van der Waals surface area contributed by atoms with E-state index in [0.29, 0.717) is 27.7 Å². The molecular weight excluding hydrogens is 453 g/mol. The number of benzene rings is 3. The van der Waals surface area contributed by atoms with E-state index in [0.717, 1.165) is 11.0 Å². The van der Waals surface area contributed by atoms with Crippen molar-refractivity contribution in [1.82, 2.24) is 4.98 Å². The molecule has 0 fully saturated rings. The number of aromatic nitrogens is 1. The maximum absolute atomic E-state index is 13.5. The smallest absolute Gasteiger partial charge is 0.258 e. The first-order valence-corrected chi connectivity index (χ1v) is 11.1. The standard InChI is InChI=1S/C26H20FN3O3S/c1-33-23-13-12-19(16-22(23)30-24(31)17-7-5-8-18(27)15-17)29-25(32)21-11-6-14-28-26(21)34-20-9-3-2-4-10-20/h2-16H,1H3,(H,29,32)(H,30,31). The van der Waals surface area contributed by atoms with Crippen molar-refractivity contribution in [2.75, 3.05) is 17.7 Å². The van der Waals surface area contributed by atoms with Gasteiger partial charge in [0.1, 0.15) is 16.6 Å². The largest absolute Gasteiger partial charge is 0.495 e. The van der Waals surface area contributed by atoms with Gasteiger partial charge in [-0.1, -0.05) is 36.0 Å². The second kappa shape index (κ2) is 10.6. The summed E-state index contributed by atoms with van der Waals surface area (Å²) in [5, 5.41) is 6.11. The zero-order valence-electron chi connectivity index (χ0n) is 18.1. The van der Waals surface area contributed by atoms with Crippen LogP contribution in [0.15, 0.2) is 101 Å². The summed E-state index contributed by atoms with van der Waals surface area (Å²) in [4.78, 5) is 30.9. The van der Waals surface area contributed by atoms with Crippen molar-refractivity contribution in [3.05, 3.63) is 108 Å². The van der Waals surface area contributed by atoms with E-state index in [-0.39, 0.29) is 11.5 Å². The van der Waals surface area contributed by atoms with Crippen molar-refractivity contribution in [2.24, 2.45) is 0 Å². The highest BCUT2D eigenvalue weighted by Crippen LogP contribution is 2.31.